The molecule has 38 heavy (non-hydrogen) atoms. The molecule has 3 unspecified atom stereocenters. The molecule has 4 heterocycles. The molecule has 2 aliphatic rings. The third-order valence-electron chi connectivity index (χ3n) is 5.90. The standard InChI is InChI=1S/C21H26ClN5O9P2/c1-21(2)35-15-13(9-33-38(31,32)11-37(28,29)30)34-19(16(15)36-21)27-10-24-14-17(25-20(22)26-18(14)27)23-8-12-6-4-3-5-7-12/h3-7,10,13,15-16,19H,8-9,11H2,1-2H3,(H,31,32)(H,23,25,26)(H2,28,29,30)/t13-,15?,16?,19-/m1/s1. The van der Waals surface area contributed by atoms with E-state index in [4.69, 9.17) is 40.1 Å². The summed E-state index contributed by atoms with van der Waals surface area (Å²) in [6, 6.07) is 9.70. The van der Waals surface area contributed by atoms with Crippen LogP contribution in [0.2, 0.25) is 5.28 Å². The van der Waals surface area contributed by atoms with Crippen molar-refractivity contribution in [2.45, 2.75) is 50.7 Å². The Morgan fingerprint density at radius 1 is 1.13 bits per heavy atom. The summed E-state index contributed by atoms with van der Waals surface area (Å²) >= 11 is 6.24. The number of rotatable bonds is 9. The number of hydrogen-bond acceptors (Lipinski definition) is 10. The number of aromatic nitrogens is 4. The highest BCUT2D eigenvalue weighted by atomic mass is 35.5. The molecule has 1 aromatic carbocycles. The van der Waals surface area contributed by atoms with Crippen molar-refractivity contribution < 1.29 is 42.5 Å². The topological polar surface area (TPSA) is 187 Å². The van der Waals surface area contributed by atoms with Crippen molar-refractivity contribution in [2.75, 3.05) is 17.8 Å². The van der Waals surface area contributed by atoms with E-state index in [1.807, 2.05) is 30.3 Å². The molecule has 0 amide bonds. The van der Waals surface area contributed by atoms with E-state index in [0.29, 0.717) is 23.5 Å². The predicted molar refractivity (Wildman–Crippen MR) is 135 cm³/mol. The Hall–Kier alpha value is -1.96. The van der Waals surface area contributed by atoms with E-state index in [0.717, 1.165) is 5.56 Å². The van der Waals surface area contributed by atoms with E-state index in [9.17, 15) is 14.0 Å². The molecular formula is C21H26ClN5O9P2. The molecular weight excluding hydrogens is 564 g/mol. The fourth-order valence-electron chi connectivity index (χ4n) is 4.46. The van der Waals surface area contributed by atoms with Crippen molar-refractivity contribution in [1.29, 1.82) is 0 Å². The van der Waals surface area contributed by atoms with Gasteiger partial charge in [-0.1, -0.05) is 30.3 Å². The molecule has 2 fully saturated rings. The van der Waals surface area contributed by atoms with Gasteiger partial charge in [0.25, 0.3) is 0 Å². The van der Waals surface area contributed by atoms with E-state index < -0.39 is 58.0 Å². The zero-order valence-electron chi connectivity index (χ0n) is 20.2. The second kappa shape index (κ2) is 10.2. The van der Waals surface area contributed by atoms with Crippen LogP contribution in [0.4, 0.5) is 5.82 Å². The Labute approximate surface area is 222 Å². The summed E-state index contributed by atoms with van der Waals surface area (Å²) in [5.74, 6) is -1.90. The number of nitrogens with zero attached hydrogens (tertiary/aromatic N) is 4. The second-order valence-corrected chi connectivity index (χ2v) is 13.7. The number of hydrogen-bond donors (Lipinski definition) is 4. The number of ether oxygens (including phenoxy) is 3. The van der Waals surface area contributed by atoms with Crippen LogP contribution in [0.3, 0.4) is 0 Å². The summed E-state index contributed by atoms with van der Waals surface area (Å²) < 4.78 is 48.1. The predicted octanol–water partition coefficient (Wildman–Crippen LogP) is 2.85. The number of nitrogens with one attached hydrogen (secondary N) is 1. The molecule has 0 spiro atoms. The van der Waals surface area contributed by atoms with Gasteiger partial charge in [-0.25, -0.2) is 4.98 Å². The minimum atomic E-state index is -4.79. The molecule has 0 aliphatic carbocycles. The van der Waals surface area contributed by atoms with Gasteiger partial charge in [0, 0.05) is 6.54 Å². The summed E-state index contributed by atoms with van der Waals surface area (Å²) in [7, 11) is -9.39. The molecule has 3 aromatic rings. The maximum absolute atomic E-state index is 12.2. The van der Waals surface area contributed by atoms with Gasteiger partial charge >= 0.3 is 15.2 Å². The van der Waals surface area contributed by atoms with Gasteiger partial charge in [0.1, 0.15) is 18.3 Å². The summed E-state index contributed by atoms with van der Waals surface area (Å²) in [6.45, 7) is 3.42. The molecule has 0 bridgehead atoms. The Morgan fingerprint density at radius 3 is 2.55 bits per heavy atom. The van der Waals surface area contributed by atoms with Crippen molar-refractivity contribution in [3.8, 4) is 0 Å². The number of anilines is 1. The van der Waals surface area contributed by atoms with Crippen molar-refractivity contribution in [3.05, 3.63) is 47.5 Å². The van der Waals surface area contributed by atoms with E-state index in [1.165, 1.54) is 6.33 Å². The lowest BCUT2D eigenvalue weighted by atomic mass is 10.1. The molecule has 5 atom stereocenters. The van der Waals surface area contributed by atoms with Crippen LogP contribution in [-0.4, -0.2) is 70.8 Å². The number of fused-ring (bicyclic) bond motifs is 2. The highest BCUT2D eigenvalue weighted by molar-refractivity contribution is 7.70. The smallest absolute Gasteiger partial charge is 0.340 e. The highest BCUT2D eigenvalue weighted by Crippen LogP contribution is 2.56. The summed E-state index contributed by atoms with van der Waals surface area (Å²) in [4.78, 5) is 41.1. The molecule has 2 saturated heterocycles. The van der Waals surface area contributed by atoms with E-state index >= 15 is 0 Å². The van der Waals surface area contributed by atoms with E-state index in [2.05, 4.69) is 20.3 Å². The SMILES string of the molecule is CC1(C)OC2C(O1)[C@@H](COP(=O)(O)CP(=O)(O)O)O[C@H]2n1cnc2c(NCc3ccccc3)nc(Cl)nc21. The van der Waals surface area contributed by atoms with Gasteiger partial charge in [-0.2, -0.15) is 9.97 Å². The Morgan fingerprint density at radius 2 is 1.84 bits per heavy atom. The van der Waals surface area contributed by atoms with Crippen LogP contribution in [0.15, 0.2) is 36.7 Å². The van der Waals surface area contributed by atoms with E-state index in [1.54, 1.807) is 18.4 Å². The maximum Gasteiger partial charge on any atom is 0.340 e. The molecule has 2 aromatic heterocycles. The van der Waals surface area contributed by atoms with Crippen molar-refractivity contribution in [2.24, 2.45) is 0 Å². The van der Waals surface area contributed by atoms with Gasteiger partial charge in [-0.05, 0) is 31.0 Å². The van der Waals surface area contributed by atoms with Gasteiger partial charge in [0.15, 0.2) is 34.9 Å². The van der Waals surface area contributed by atoms with Gasteiger partial charge in [-0.3, -0.25) is 13.7 Å². The van der Waals surface area contributed by atoms with Crippen LogP contribution < -0.4 is 5.32 Å². The lowest BCUT2D eigenvalue weighted by Gasteiger charge is -2.25. The molecule has 4 N–H and O–H groups in total. The summed E-state index contributed by atoms with van der Waals surface area (Å²) in [5.41, 5.74) is 1.82. The minimum Gasteiger partial charge on any atom is -0.364 e. The molecule has 17 heteroatoms. The first kappa shape index (κ1) is 27.6. The number of halogens is 1. The van der Waals surface area contributed by atoms with Crippen molar-refractivity contribution in [1.82, 2.24) is 19.5 Å². The minimum absolute atomic E-state index is 0.0215. The zero-order chi connectivity index (χ0) is 27.3. The van der Waals surface area contributed by atoms with Crippen LogP contribution >= 0.6 is 26.8 Å². The first-order valence-corrected chi connectivity index (χ1v) is 15.4. The Balaban J connectivity index is 1.40. The fraction of sp³-hybridized carbons (Fsp3) is 0.476. The largest absolute Gasteiger partial charge is 0.364 e. The zero-order valence-corrected chi connectivity index (χ0v) is 22.8. The summed E-state index contributed by atoms with van der Waals surface area (Å²) in [6.07, 6.45) is -1.67. The van der Waals surface area contributed by atoms with Crippen LogP contribution in [0.25, 0.3) is 11.2 Å². The molecule has 0 saturated carbocycles. The molecule has 206 valence electrons. The van der Waals surface area contributed by atoms with Crippen LogP contribution in [-0.2, 0) is 34.4 Å². The maximum atomic E-state index is 12.2. The van der Waals surface area contributed by atoms with Crippen LogP contribution in [0.5, 0.6) is 0 Å². The first-order valence-electron chi connectivity index (χ1n) is 11.5. The molecule has 14 nitrogen and oxygen atoms in total. The Bertz CT molecular complexity index is 1420. The average molecular weight is 590 g/mol. The summed E-state index contributed by atoms with van der Waals surface area (Å²) in [5, 5.41) is 3.20. The van der Waals surface area contributed by atoms with Gasteiger partial charge in [-0.15, -0.1) is 0 Å². The number of imidazole rings is 1. The fourth-order valence-corrected chi connectivity index (χ4v) is 7.20. The number of benzene rings is 1. The molecule has 2 aliphatic heterocycles. The van der Waals surface area contributed by atoms with Gasteiger partial charge < -0.3 is 38.7 Å². The van der Waals surface area contributed by atoms with Crippen LogP contribution in [0, 0.1) is 0 Å². The highest BCUT2D eigenvalue weighted by Gasteiger charge is 2.56. The third-order valence-corrected chi connectivity index (χ3v) is 9.52. The van der Waals surface area contributed by atoms with Crippen LogP contribution in [0.1, 0.15) is 25.6 Å². The normalized spacial score (nSPS) is 26.4. The quantitative estimate of drug-likeness (QED) is 0.211. The third kappa shape index (κ3) is 6.10. The Kier molecular flexibility index (Phi) is 7.42. The lowest BCUT2D eigenvalue weighted by Crippen LogP contribution is -2.32. The second-order valence-electron chi connectivity index (χ2n) is 9.37. The first-order chi connectivity index (χ1) is 17.8. The monoisotopic (exact) mass is 589 g/mol. The van der Waals surface area contributed by atoms with Crippen molar-refractivity contribution >= 4 is 43.8 Å². The average Bonchev–Trinajstić information content (AvgIpc) is 3.46. The van der Waals surface area contributed by atoms with E-state index in [-0.39, 0.29) is 5.28 Å². The lowest BCUT2D eigenvalue weighted by molar-refractivity contribution is -0.199. The van der Waals surface area contributed by atoms with Gasteiger partial charge in [0.2, 0.25) is 5.28 Å². The molecule has 0 radical (unpaired) electrons. The van der Waals surface area contributed by atoms with Gasteiger partial charge in [0.05, 0.1) is 12.9 Å². The molecule has 5 rings (SSSR count). The van der Waals surface area contributed by atoms with Crippen molar-refractivity contribution in [3.63, 3.8) is 0 Å².